The van der Waals surface area contributed by atoms with Crippen LogP contribution in [0, 0.1) is 18.3 Å². The number of rotatable bonds is 3. The smallest absolute Gasteiger partial charge is 0.420 e. The van der Waals surface area contributed by atoms with Crippen molar-refractivity contribution in [2.45, 2.75) is 13.1 Å². The molecule has 0 saturated heterocycles. The van der Waals surface area contributed by atoms with Crippen LogP contribution in [0.3, 0.4) is 0 Å². The Morgan fingerprint density at radius 3 is 2.36 bits per heavy atom. The second-order valence-electron chi connectivity index (χ2n) is 4.57. The second kappa shape index (κ2) is 5.90. The van der Waals surface area contributed by atoms with Gasteiger partial charge in [0, 0.05) is 5.56 Å². The van der Waals surface area contributed by atoms with Crippen LogP contribution in [0.4, 0.5) is 13.2 Å². The van der Waals surface area contributed by atoms with Crippen molar-refractivity contribution in [1.82, 2.24) is 0 Å². The van der Waals surface area contributed by atoms with Crippen molar-refractivity contribution < 1.29 is 22.7 Å². The highest BCUT2D eigenvalue weighted by atomic mass is 19.4. The lowest BCUT2D eigenvalue weighted by molar-refractivity contribution is -0.138. The molecule has 0 unspecified atom stereocenters. The highest BCUT2D eigenvalue weighted by Gasteiger charge is 2.35. The topological polar surface area (TPSA) is 50.1 Å². The first-order valence-electron chi connectivity index (χ1n) is 6.20. The summed E-state index contributed by atoms with van der Waals surface area (Å²) < 4.78 is 44.5. The van der Waals surface area contributed by atoms with Crippen LogP contribution in [-0.4, -0.2) is 6.29 Å². The van der Waals surface area contributed by atoms with E-state index < -0.39 is 17.5 Å². The minimum absolute atomic E-state index is 0.104. The van der Waals surface area contributed by atoms with E-state index in [9.17, 15) is 18.0 Å². The lowest BCUT2D eigenvalue weighted by atomic mass is 10.1. The maximum atomic E-state index is 13.1. The largest absolute Gasteiger partial charge is 0.456 e. The number of hydrogen-bond acceptors (Lipinski definition) is 3. The monoisotopic (exact) mass is 305 g/mol. The van der Waals surface area contributed by atoms with Crippen LogP contribution < -0.4 is 4.74 Å². The number of carbonyl (C=O) groups excluding carboxylic acids is 1. The lowest BCUT2D eigenvalue weighted by Crippen LogP contribution is -2.08. The van der Waals surface area contributed by atoms with E-state index in [-0.39, 0.29) is 11.3 Å². The van der Waals surface area contributed by atoms with E-state index in [2.05, 4.69) is 0 Å². The van der Waals surface area contributed by atoms with Gasteiger partial charge in [0.05, 0.1) is 17.2 Å². The predicted octanol–water partition coefficient (Wildman–Crippen LogP) is 4.49. The van der Waals surface area contributed by atoms with E-state index in [4.69, 9.17) is 10.00 Å². The minimum Gasteiger partial charge on any atom is -0.456 e. The number of carbonyl (C=O) groups is 1. The third kappa shape index (κ3) is 3.26. The molecule has 2 rings (SSSR count). The summed E-state index contributed by atoms with van der Waals surface area (Å²) >= 11 is 0. The van der Waals surface area contributed by atoms with Crippen LogP contribution in [-0.2, 0) is 6.18 Å². The molecule has 0 heterocycles. The number of aryl methyl sites for hydroxylation is 1. The molecule has 0 aliphatic carbocycles. The lowest BCUT2D eigenvalue weighted by Gasteiger charge is -2.15. The van der Waals surface area contributed by atoms with Crippen LogP contribution in [0.25, 0.3) is 0 Å². The maximum absolute atomic E-state index is 13.1. The molecule has 0 fully saturated rings. The summed E-state index contributed by atoms with van der Waals surface area (Å²) in [4.78, 5) is 10.7. The van der Waals surface area contributed by atoms with Gasteiger partial charge in [-0.3, -0.25) is 4.79 Å². The van der Waals surface area contributed by atoms with E-state index in [1.54, 1.807) is 13.0 Å². The van der Waals surface area contributed by atoms with Crippen molar-refractivity contribution in [3.63, 3.8) is 0 Å². The second-order valence-corrected chi connectivity index (χ2v) is 4.57. The molecular weight excluding hydrogens is 295 g/mol. The Labute approximate surface area is 124 Å². The Bertz CT molecular complexity index is 761. The quantitative estimate of drug-likeness (QED) is 0.785. The standard InChI is InChI=1S/C16H10F3NO2/c1-10-6-12(9-21)3-4-14(10)22-15-5-2-11(8-20)7-13(15)16(17,18)19/h2-7,9H,1H3. The van der Waals surface area contributed by atoms with Crippen molar-refractivity contribution in [2.75, 3.05) is 0 Å². The van der Waals surface area contributed by atoms with Crippen LogP contribution in [0.1, 0.15) is 27.0 Å². The van der Waals surface area contributed by atoms with Crippen molar-refractivity contribution in [3.8, 4) is 17.6 Å². The number of halogens is 3. The van der Waals surface area contributed by atoms with Crippen molar-refractivity contribution in [2.24, 2.45) is 0 Å². The molecule has 0 aliphatic heterocycles. The van der Waals surface area contributed by atoms with Gasteiger partial charge in [0.1, 0.15) is 17.8 Å². The zero-order valence-corrected chi connectivity index (χ0v) is 11.4. The van der Waals surface area contributed by atoms with Crippen LogP contribution in [0.15, 0.2) is 36.4 Å². The summed E-state index contributed by atoms with van der Waals surface area (Å²) in [5.41, 5.74) is -0.194. The SMILES string of the molecule is Cc1cc(C=O)ccc1Oc1ccc(C#N)cc1C(F)(F)F. The number of ether oxygens (including phenoxy) is 1. The van der Waals surface area contributed by atoms with E-state index >= 15 is 0 Å². The van der Waals surface area contributed by atoms with Crippen molar-refractivity contribution >= 4 is 6.29 Å². The van der Waals surface area contributed by atoms with Gasteiger partial charge in [0.15, 0.2) is 0 Å². The Hall–Kier alpha value is -2.81. The average molecular weight is 305 g/mol. The molecule has 0 bridgehead atoms. The van der Waals surface area contributed by atoms with Crippen LogP contribution in [0.5, 0.6) is 11.5 Å². The normalized spacial score (nSPS) is 10.9. The molecule has 0 aliphatic rings. The van der Waals surface area contributed by atoms with Gasteiger partial charge in [0.2, 0.25) is 0 Å². The number of benzene rings is 2. The molecule has 0 atom stereocenters. The Morgan fingerprint density at radius 2 is 1.82 bits per heavy atom. The van der Waals surface area contributed by atoms with E-state index in [0.29, 0.717) is 17.4 Å². The fourth-order valence-corrected chi connectivity index (χ4v) is 1.89. The number of aldehydes is 1. The summed E-state index contributed by atoms with van der Waals surface area (Å²) in [6.07, 6.45) is -4.00. The number of nitriles is 1. The van der Waals surface area contributed by atoms with Crippen LogP contribution >= 0.6 is 0 Å². The summed E-state index contributed by atoms with van der Waals surface area (Å²) in [5, 5.41) is 8.72. The van der Waals surface area contributed by atoms with Gasteiger partial charge in [0.25, 0.3) is 0 Å². The van der Waals surface area contributed by atoms with Gasteiger partial charge < -0.3 is 4.74 Å². The molecule has 22 heavy (non-hydrogen) atoms. The summed E-state index contributed by atoms with van der Waals surface area (Å²) in [7, 11) is 0. The molecule has 0 radical (unpaired) electrons. The van der Waals surface area contributed by atoms with Crippen molar-refractivity contribution in [1.29, 1.82) is 5.26 Å². The molecule has 0 amide bonds. The summed E-state index contributed by atoms with van der Waals surface area (Å²) in [6.45, 7) is 1.62. The molecule has 0 N–H and O–H groups in total. The first-order chi connectivity index (χ1) is 10.3. The van der Waals surface area contributed by atoms with Gasteiger partial charge in [-0.05, 0) is 48.9 Å². The van der Waals surface area contributed by atoms with Gasteiger partial charge in [-0.1, -0.05) is 0 Å². The first-order valence-corrected chi connectivity index (χ1v) is 6.20. The van der Waals surface area contributed by atoms with E-state index in [0.717, 1.165) is 12.1 Å². The average Bonchev–Trinajstić information content (AvgIpc) is 2.48. The summed E-state index contributed by atoms with van der Waals surface area (Å²) in [6, 6.07) is 9.15. The maximum Gasteiger partial charge on any atom is 0.420 e. The van der Waals surface area contributed by atoms with E-state index in [1.807, 2.05) is 0 Å². The minimum atomic E-state index is -4.64. The highest BCUT2D eigenvalue weighted by molar-refractivity contribution is 5.75. The molecule has 6 heteroatoms. The van der Waals surface area contributed by atoms with E-state index in [1.165, 1.54) is 24.3 Å². The van der Waals surface area contributed by atoms with Gasteiger partial charge >= 0.3 is 6.18 Å². The number of alkyl halides is 3. The summed E-state index contributed by atoms with van der Waals surface area (Å²) in [5.74, 6) is -0.186. The molecule has 0 aromatic heterocycles. The zero-order valence-electron chi connectivity index (χ0n) is 11.4. The Morgan fingerprint density at radius 1 is 1.14 bits per heavy atom. The van der Waals surface area contributed by atoms with Gasteiger partial charge in [-0.2, -0.15) is 18.4 Å². The van der Waals surface area contributed by atoms with Gasteiger partial charge in [-0.25, -0.2) is 0 Å². The fourth-order valence-electron chi connectivity index (χ4n) is 1.89. The predicted molar refractivity (Wildman–Crippen MR) is 72.8 cm³/mol. The van der Waals surface area contributed by atoms with Gasteiger partial charge in [-0.15, -0.1) is 0 Å². The molecule has 112 valence electrons. The number of hydrogen-bond donors (Lipinski definition) is 0. The Kier molecular flexibility index (Phi) is 4.18. The number of nitrogens with zero attached hydrogens (tertiary/aromatic N) is 1. The molecule has 0 spiro atoms. The fraction of sp³-hybridized carbons (Fsp3) is 0.125. The molecule has 3 nitrogen and oxygen atoms in total. The third-order valence-corrected chi connectivity index (χ3v) is 2.97. The van der Waals surface area contributed by atoms with Crippen molar-refractivity contribution in [3.05, 3.63) is 58.7 Å². The third-order valence-electron chi connectivity index (χ3n) is 2.97. The zero-order chi connectivity index (χ0) is 16.3. The molecule has 2 aromatic rings. The Balaban J connectivity index is 2.46. The molecule has 0 saturated carbocycles. The molecule has 2 aromatic carbocycles. The molecular formula is C16H10F3NO2. The first kappa shape index (κ1) is 15.6. The highest BCUT2D eigenvalue weighted by Crippen LogP contribution is 2.39. The van der Waals surface area contributed by atoms with Crippen LogP contribution in [0.2, 0.25) is 0 Å².